The molecular formula is C7H6BrNO4. The normalized spacial score (nSPS) is 10.0. The molecule has 0 saturated carbocycles. The largest absolute Gasteiger partial charge is 0.502 e. The van der Waals surface area contributed by atoms with Gasteiger partial charge in [-0.3, -0.25) is 10.1 Å². The maximum Gasteiger partial charge on any atom is 0.311 e. The van der Waals surface area contributed by atoms with Gasteiger partial charge in [0.2, 0.25) is 0 Å². The number of aromatic hydroxyl groups is 1. The average molecular weight is 248 g/mol. The number of nitro benzene ring substituents is 1. The van der Waals surface area contributed by atoms with Gasteiger partial charge in [0, 0.05) is 10.5 Å². The van der Waals surface area contributed by atoms with Crippen LogP contribution >= 0.6 is 15.9 Å². The summed E-state index contributed by atoms with van der Waals surface area (Å²) in [5.74, 6) is -0.447. The fourth-order valence-electron chi connectivity index (χ4n) is 0.862. The Morgan fingerprint density at radius 2 is 2.15 bits per heavy atom. The number of halogens is 1. The Morgan fingerprint density at radius 3 is 2.62 bits per heavy atom. The van der Waals surface area contributed by atoms with Crippen LogP contribution in [0.4, 0.5) is 5.69 Å². The summed E-state index contributed by atoms with van der Waals surface area (Å²) in [4.78, 5) is 9.64. The number of phenols is 1. The number of rotatable bonds is 2. The number of aliphatic hydroxyl groups excluding tert-OH is 1. The van der Waals surface area contributed by atoms with Crippen molar-refractivity contribution in [1.82, 2.24) is 0 Å². The van der Waals surface area contributed by atoms with E-state index in [4.69, 9.17) is 10.2 Å². The van der Waals surface area contributed by atoms with Crippen LogP contribution in [0.2, 0.25) is 0 Å². The third kappa shape index (κ3) is 1.96. The molecule has 0 atom stereocenters. The molecule has 0 aromatic heterocycles. The highest BCUT2D eigenvalue weighted by atomic mass is 79.9. The van der Waals surface area contributed by atoms with E-state index in [0.29, 0.717) is 10.0 Å². The van der Waals surface area contributed by atoms with Crippen LogP contribution in [0, 0.1) is 10.1 Å². The van der Waals surface area contributed by atoms with E-state index >= 15 is 0 Å². The van der Waals surface area contributed by atoms with E-state index in [-0.39, 0.29) is 12.3 Å². The molecule has 0 aliphatic carbocycles. The van der Waals surface area contributed by atoms with Gasteiger partial charge in [-0.25, -0.2) is 0 Å². The Balaban J connectivity index is 3.28. The minimum absolute atomic E-state index is 0.286. The van der Waals surface area contributed by atoms with Crippen molar-refractivity contribution in [3.05, 3.63) is 32.3 Å². The topological polar surface area (TPSA) is 83.6 Å². The number of nitrogens with zero attached hydrogens (tertiary/aromatic N) is 1. The Morgan fingerprint density at radius 1 is 1.54 bits per heavy atom. The van der Waals surface area contributed by atoms with Crippen molar-refractivity contribution in [2.24, 2.45) is 0 Å². The molecule has 70 valence electrons. The Labute approximate surface area is 81.9 Å². The molecule has 0 aliphatic rings. The first-order valence-electron chi connectivity index (χ1n) is 3.33. The minimum Gasteiger partial charge on any atom is -0.502 e. The summed E-state index contributed by atoms with van der Waals surface area (Å²) in [6, 6.07) is 2.31. The summed E-state index contributed by atoms with van der Waals surface area (Å²) in [5, 5.41) is 28.2. The van der Waals surface area contributed by atoms with Gasteiger partial charge in [0.1, 0.15) is 0 Å². The molecule has 13 heavy (non-hydrogen) atoms. The molecular weight excluding hydrogens is 242 g/mol. The second kappa shape index (κ2) is 3.71. The lowest BCUT2D eigenvalue weighted by atomic mass is 10.2. The molecule has 0 fully saturated rings. The summed E-state index contributed by atoms with van der Waals surface area (Å²) in [6.45, 7) is -0.286. The van der Waals surface area contributed by atoms with E-state index in [2.05, 4.69) is 15.9 Å². The molecule has 2 N–H and O–H groups in total. The van der Waals surface area contributed by atoms with Crippen LogP contribution < -0.4 is 0 Å². The van der Waals surface area contributed by atoms with Crippen molar-refractivity contribution in [2.45, 2.75) is 6.61 Å². The highest BCUT2D eigenvalue weighted by molar-refractivity contribution is 9.10. The second-order valence-corrected chi connectivity index (χ2v) is 3.20. The maximum absolute atomic E-state index is 10.3. The quantitative estimate of drug-likeness (QED) is 0.614. The van der Waals surface area contributed by atoms with Gasteiger partial charge in [0.05, 0.1) is 11.5 Å². The summed E-state index contributed by atoms with van der Waals surface area (Å²) in [7, 11) is 0. The average Bonchev–Trinajstić information content (AvgIpc) is 2.07. The van der Waals surface area contributed by atoms with Gasteiger partial charge < -0.3 is 10.2 Å². The summed E-state index contributed by atoms with van der Waals surface area (Å²) in [5.41, 5.74) is 0.0205. The fourth-order valence-corrected chi connectivity index (χ4v) is 1.32. The van der Waals surface area contributed by atoms with E-state index in [0.717, 1.165) is 12.1 Å². The first-order chi connectivity index (χ1) is 6.06. The summed E-state index contributed by atoms with van der Waals surface area (Å²) < 4.78 is 0.402. The first kappa shape index (κ1) is 9.94. The lowest BCUT2D eigenvalue weighted by Crippen LogP contribution is -1.92. The van der Waals surface area contributed by atoms with Gasteiger partial charge in [0.15, 0.2) is 5.75 Å². The molecule has 0 aliphatic heterocycles. The van der Waals surface area contributed by atoms with Crippen LogP contribution in [0.5, 0.6) is 5.75 Å². The van der Waals surface area contributed by atoms with E-state index in [1.54, 1.807) is 0 Å². The van der Waals surface area contributed by atoms with Crippen molar-refractivity contribution in [2.75, 3.05) is 0 Å². The Bertz CT molecular complexity index is 353. The number of phenolic OH excluding ortho intramolecular Hbond substituents is 1. The minimum atomic E-state index is -0.693. The smallest absolute Gasteiger partial charge is 0.311 e. The monoisotopic (exact) mass is 247 g/mol. The third-order valence-electron chi connectivity index (χ3n) is 1.51. The van der Waals surface area contributed by atoms with Gasteiger partial charge >= 0.3 is 5.69 Å². The van der Waals surface area contributed by atoms with Crippen LogP contribution in [0.25, 0.3) is 0 Å². The lowest BCUT2D eigenvalue weighted by Gasteiger charge is -2.01. The zero-order valence-corrected chi connectivity index (χ0v) is 7.98. The molecule has 5 nitrogen and oxygen atoms in total. The van der Waals surface area contributed by atoms with Crippen molar-refractivity contribution in [3.63, 3.8) is 0 Å². The molecule has 0 amide bonds. The standard InChI is InChI=1S/C7H6BrNO4/c8-5-2-6(9(12)13)7(11)1-4(5)3-10/h1-2,10-11H,3H2. The van der Waals surface area contributed by atoms with Crippen molar-refractivity contribution >= 4 is 21.6 Å². The second-order valence-electron chi connectivity index (χ2n) is 2.35. The summed E-state index contributed by atoms with van der Waals surface area (Å²) in [6.07, 6.45) is 0. The first-order valence-corrected chi connectivity index (χ1v) is 4.12. The molecule has 1 aromatic rings. The van der Waals surface area contributed by atoms with E-state index in [9.17, 15) is 10.1 Å². The Kier molecular flexibility index (Phi) is 2.84. The van der Waals surface area contributed by atoms with Crippen LogP contribution in [0.1, 0.15) is 5.56 Å². The molecule has 0 saturated heterocycles. The number of hydrogen-bond donors (Lipinski definition) is 2. The SMILES string of the molecule is O=[N+]([O-])c1cc(Br)c(CO)cc1O. The van der Waals surface area contributed by atoms with Gasteiger partial charge in [-0.1, -0.05) is 15.9 Å². The third-order valence-corrected chi connectivity index (χ3v) is 2.25. The van der Waals surface area contributed by atoms with Crippen molar-refractivity contribution in [1.29, 1.82) is 0 Å². The highest BCUT2D eigenvalue weighted by Gasteiger charge is 2.15. The molecule has 1 aromatic carbocycles. The van der Waals surface area contributed by atoms with Crippen molar-refractivity contribution in [3.8, 4) is 5.75 Å². The van der Waals surface area contributed by atoms with Crippen LogP contribution in [-0.4, -0.2) is 15.1 Å². The molecule has 0 heterocycles. The highest BCUT2D eigenvalue weighted by Crippen LogP contribution is 2.31. The van der Waals surface area contributed by atoms with E-state index < -0.39 is 10.7 Å². The zero-order valence-electron chi connectivity index (χ0n) is 6.40. The van der Waals surface area contributed by atoms with E-state index in [1.165, 1.54) is 0 Å². The van der Waals surface area contributed by atoms with Crippen LogP contribution in [-0.2, 0) is 6.61 Å². The zero-order chi connectivity index (χ0) is 10.0. The lowest BCUT2D eigenvalue weighted by molar-refractivity contribution is -0.386. The fraction of sp³-hybridized carbons (Fsp3) is 0.143. The summed E-state index contributed by atoms with van der Waals surface area (Å²) >= 11 is 3.03. The van der Waals surface area contributed by atoms with Crippen LogP contribution in [0.15, 0.2) is 16.6 Å². The van der Waals surface area contributed by atoms with Crippen LogP contribution in [0.3, 0.4) is 0 Å². The molecule has 0 spiro atoms. The van der Waals surface area contributed by atoms with Crippen molar-refractivity contribution < 1.29 is 15.1 Å². The van der Waals surface area contributed by atoms with Gasteiger partial charge in [-0.15, -0.1) is 0 Å². The molecule has 6 heteroatoms. The number of nitro groups is 1. The molecule has 0 radical (unpaired) electrons. The van der Waals surface area contributed by atoms with Gasteiger partial charge in [0.25, 0.3) is 0 Å². The predicted octanol–water partition coefficient (Wildman–Crippen LogP) is 1.56. The number of hydrogen-bond acceptors (Lipinski definition) is 4. The van der Waals surface area contributed by atoms with Gasteiger partial charge in [-0.05, 0) is 11.6 Å². The number of benzene rings is 1. The molecule has 1 rings (SSSR count). The number of aliphatic hydroxyl groups is 1. The molecule has 0 bridgehead atoms. The van der Waals surface area contributed by atoms with E-state index in [1.807, 2.05) is 0 Å². The predicted molar refractivity (Wildman–Crippen MR) is 48.4 cm³/mol. The molecule has 0 unspecified atom stereocenters. The van der Waals surface area contributed by atoms with Gasteiger partial charge in [-0.2, -0.15) is 0 Å². The maximum atomic E-state index is 10.3. The Hall–Kier alpha value is -1.14.